The van der Waals surface area contributed by atoms with Gasteiger partial charge >= 0.3 is 0 Å². The molecule has 1 saturated heterocycles. The summed E-state index contributed by atoms with van der Waals surface area (Å²) in [7, 11) is 7.69. The van der Waals surface area contributed by atoms with E-state index in [9.17, 15) is 4.79 Å². The molecule has 1 aromatic carbocycles. The molecular weight excluding hydrogens is 418 g/mol. The maximum atomic E-state index is 12.8. The maximum Gasteiger partial charge on any atom is 0.251 e. The molecule has 176 valence electrons. The highest BCUT2D eigenvalue weighted by Crippen LogP contribution is 2.34. The van der Waals surface area contributed by atoms with Gasteiger partial charge in [-0.2, -0.15) is 4.98 Å². The van der Waals surface area contributed by atoms with Gasteiger partial charge in [0.2, 0.25) is 5.95 Å². The Balaban J connectivity index is 1.51. The summed E-state index contributed by atoms with van der Waals surface area (Å²) in [6, 6.07) is 5.58. The van der Waals surface area contributed by atoms with E-state index >= 15 is 0 Å². The van der Waals surface area contributed by atoms with E-state index in [1.807, 2.05) is 25.1 Å². The van der Waals surface area contributed by atoms with Crippen molar-refractivity contribution in [1.82, 2.24) is 20.2 Å². The van der Waals surface area contributed by atoms with Crippen LogP contribution in [0, 0.1) is 0 Å². The highest BCUT2D eigenvalue weighted by Gasteiger charge is 2.22. The van der Waals surface area contributed by atoms with Gasteiger partial charge in [-0.3, -0.25) is 4.79 Å². The molecule has 1 aromatic heterocycles. The molecular formula is C24H33N7O2. The average Bonchev–Trinajstić information content (AvgIpc) is 2.92. The molecule has 9 heteroatoms. The maximum absolute atomic E-state index is 12.8. The first-order valence-corrected chi connectivity index (χ1v) is 11.3. The number of ether oxygens (including phenoxy) is 1. The van der Waals surface area contributed by atoms with Crippen LogP contribution in [0.2, 0.25) is 0 Å². The second-order valence-electron chi connectivity index (χ2n) is 8.79. The number of rotatable bonds is 5. The number of piperidine rings is 1. The van der Waals surface area contributed by atoms with E-state index in [1.54, 1.807) is 25.4 Å². The molecule has 0 unspecified atom stereocenters. The van der Waals surface area contributed by atoms with Crippen molar-refractivity contribution in [3.8, 4) is 5.75 Å². The number of anilines is 4. The van der Waals surface area contributed by atoms with Gasteiger partial charge in [0.05, 0.1) is 19.0 Å². The highest BCUT2D eigenvalue weighted by atomic mass is 16.5. The molecule has 2 aliphatic heterocycles. The molecule has 0 saturated carbocycles. The quantitative estimate of drug-likeness (QED) is 0.718. The molecule has 33 heavy (non-hydrogen) atoms. The Bertz CT molecular complexity index is 1030. The largest absolute Gasteiger partial charge is 0.495 e. The smallest absolute Gasteiger partial charge is 0.251 e. The van der Waals surface area contributed by atoms with Gasteiger partial charge in [-0.1, -0.05) is 6.58 Å². The molecule has 9 nitrogen and oxygen atoms in total. The van der Waals surface area contributed by atoms with Crippen molar-refractivity contribution in [2.45, 2.75) is 25.3 Å². The summed E-state index contributed by atoms with van der Waals surface area (Å²) < 4.78 is 5.56. The van der Waals surface area contributed by atoms with Crippen molar-refractivity contribution in [3.63, 3.8) is 0 Å². The molecule has 0 radical (unpaired) electrons. The Labute approximate surface area is 195 Å². The van der Waals surface area contributed by atoms with E-state index in [4.69, 9.17) is 9.72 Å². The van der Waals surface area contributed by atoms with Crippen molar-refractivity contribution in [3.05, 3.63) is 42.2 Å². The summed E-state index contributed by atoms with van der Waals surface area (Å²) in [4.78, 5) is 28.4. The lowest BCUT2D eigenvalue weighted by Gasteiger charge is -2.29. The van der Waals surface area contributed by atoms with E-state index in [2.05, 4.69) is 39.0 Å². The molecule has 0 aliphatic carbocycles. The van der Waals surface area contributed by atoms with E-state index in [0.717, 1.165) is 56.1 Å². The molecule has 4 rings (SSSR count). The first-order valence-electron chi connectivity index (χ1n) is 11.3. The number of aromatic nitrogens is 2. The number of amides is 1. The highest BCUT2D eigenvalue weighted by molar-refractivity contribution is 5.95. The van der Waals surface area contributed by atoms with Crippen LogP contribution in [0.4, 0.5) is 23.1 Å². The Kier molecular flexibility index (Phi) is 6.69. The van der Waals surface area contributed by atoms with Gasteiger partial charge in [-0.15, -0.1) is 0 Å². The zero-order valence-corrected chi connectivity index (χ0v) is 19.9. The lowest BCUT2D eigenvalue weighted by Crippen LogP contribution is -2.43. The summed E-state index contributed by atoms with van der Waals surface area (Å²) in [5.74, 6) is 1.77. The summed E-state index contributed by atoms with van der Waals surface area (Å²) >= 11 is 0. The topological polar surface area (TPSA) is 85.9 Å². The van der Waals surface area contributed by atoms with E-state index in [1.165, 1.54) is 0 Å². The van der Waals surface area contributed by atoms with Gasteiger partial charge < -0.3 is 30.1 Å². The van der Waals surface area contributed by atoms with Crippen molar-refractivity contribution in [2.24, 2.45) is 0 Å². The SMILES string of the molecule is C=C1CCN(C)c2nc(Nc3ccc(C(=O)NC4CCN(C)CC4)cc3OC)ncc2N1C. The van der Waals surface area contributed by atoms with Crippen LogP contribution in [0.25, 0.3) is 0 Å². The number of carbonyl (C=O) groups excluding carboxylic acids is 1. The minimum Gasteiger partial charge on any atom is -0.495 e. The molecule has 0 bridgehead atoms. The van der Waals surface area contributed by atoms with Crippen molar-refractivity contribution in [2.75, 3.05) is 63.0 Å². The number of fused-ring (bicyclic) bond motifs is 1. The molecule has 1 fully saturated rings. The monoisotopic (exact) mass is 451 g/mol. The number of nitrogens with zero attached hydrogens (tertiary/aromatic N) is 5. The predicted molar refractivity (Wildman–Crippen MR) is 132 cm³/mol. The van der Waals surface area contributed by atoms with Crippen LogP contribution in [0.5, 0.6) is 5.75 Å². The lowest BCUT2D eigenvalue weighted by atomic mass is 10.0. The van der Waals surface area contributed by atoms with Crippen molar-refractivity contribution >= 4 is 29.0 Å². The third-order valence-corrected chi connectivity index (χ3v) is 6.45. The van der Waals surface area contributed by atoms with Crippen LogP contribution in [0.1, 0.15) is 29.6 Å². The number of nitrogens with one attached hydrogen (secondary N) is 2. The first-order chi connectivity index (χ1) is 15.9. The minimum absolute atomic E-state index is 0.0828. The fourth-order valence-electron chi connectivity index (χ4n) is 4.16. The zero-order valence-electron chi connectivity index (χ0n) is 19.9. The van der Waals surface area contributed by atoms with Crippen LogP contribution in [0.3, 0.4) is 0 Å². The molecule has 0 atom stereocenters. The van der Waals surface area contributed by atoms with Gasteiger partial charge in [0.25, 0.3) is 5.91 Å². The number of hydrogen-bond acceptors (Lipinski definition) is 8. The fraction of sp³-hybridized carbons (Fsp3) is 0.458. The Morgan fingerprint density at radius 3 is 2.67 bits per heavy atom. The average molecular weight is 452 g/mol. The lowest BCUT2D eigenvalue weighted by molar-refractivity contribution is 0.0916. The van der Waals surface area contributed by atoms with Crippen molar-refractivity contribution in [1.29, 1.82) is 0 Å². The van der Waals surface area contributed by atoms with Crippen LogP contribution in [-0.4, -0.2) is 74.7 Å². The minimum atomic E-state index is -0.0828. The molecule has 3 heterocycles. The van der Waals surface area contributed by atoms with Crippen LogP contribution >= 0.6 is 0 Å². The summed E-state index contributed by atoms with van der Waals surface area (Å²) in [6.45, 7) is 6.97. The van der Waals surface area contributed by atoms with Gasteiger partial charge in [-0.05, 0) is 51.2 Å². The van der Waals surface area contributed by atoms with E-state index in [-0.39, 0.29) is 11.9 Å². The van der Waals surface area contributed by atoms with Crippen LogP contribution in [-0.2, 0) is 0 Å². The molecule has 0 spiro atoms. The molecule has 2 aliphatic rings. The summed E-state index contributed by atoms with van der Waals surface area (Å²) in [5, 5.41) is 6.39. The third-order valence-electron chi connectivity index (χ3n) is 6.45. The Hall–Kier alpha value is -3.33. The molecule has 1 amide bonds. The number of hydrogen-bond donors (Lipinski definition) is 2. The van der Waals surface area contributed by atoms with Gasteiger partial charge in [0.15, 0.2) is 5.82 Å². The fourth-order valence-corrected chi connectivity index (χ4v) is 4.16. The van der Waals surface area contributed by atoms with Crippen LogP contribution in [0.15, 0.2) is 36.7 Å². The zero-order chi connectivity index (χ0) is 23.5. The third kappa shape index (κ3) is 5.03. The Morgan fingerprint density at radius 2 is 1.94 bits per heavy atom. The second kappa shape index (κ2) is 9.66. The van der Waals surface area contributed by atoms with Crippen LogP contribution < -0.4 is 25.2 Å². The number of likely N-dealkylation sites (tertiary alicyclic amines) is 1. The standard InChI is InChI=1S/C24H33N7O2/c1-16-8-13-30(3)22-20(31(16)4)15-25-24(28-22)27-19-7-6-17(14-21(19)33-5)23(32)26-18-9-11-29(2)12-10-18/h6-7,14-15,18H,1,8-13H2,2-5H3,(H,26,32)(H,25,27,28). The number of benzene rings is 1. The van der Waals surface area contributed by atoms with Gasteiger partial charge in [0.1, 0.15) is 11.4 Å². The Morgan fingerprint density at radius 1 is 1.18 bits per heavy atom. The van der Waals surface area contributed by atoms with Crippen molar-refractivity contribution < 1.29 is 9.53 Å². The normalized spacial score (nSPS) is 17.4. The predicted octanol–water partition coefficient (Wildman–Crippen LogP) is 2.84. The number of methoxy groups -OCH3 is 1. The second-order valence-corrected chi connectivity index (χ2v) is 8.79. The van der Waals surface area contributed by atoms with Gasteiger partial charge in [0, 0.05) is 44.4 Å². The first kappa shape index (κ1) is 22.8. The van der Waals surface area contributed by atoms with E-state index < -0.39 is 0 Å². The van der Waals surface area contributed by atoms with Gasteiger partial charge in [-0.25, -0.2) is 4.98 Å². The molecule has 2 aromatic rings. The summed E-state index contributed by atoms with van der Waals surface area (Å²) in [5.41, 5.74) is 3.21. The summed E-state index contributed by atoms with van der Waals surface area (Å²) in [6.07, 6.45) is 4.59. The molecule has 2 N–H and O–H groups in total. The number of carbonyl (C=O) groups is 1. The van der Waals surface area contributed by atoms with E-state index in [0.29, 0.717) is 22.9 Å².